The molecular formula is C22H26O2S. The van der Waals surface area contributed by atoms with Gasteiger partial charge in [-0.05, 0) is 38.5 Å². The van der Waals surface area contributed by atoms with Crippen molar-refractivity contribution in [1.29, 1.82) is 0 Å². The van der Waals surface area contributed by atoms with E-state index in [1.807, 2.05) is 0 Å². The molecule has 3 heteroatoms. The second-order valence-electron chi connectivity index (χ2n) is 8.58. The van der Waals surface area contributed by atoms with E-state index in [-0.39, 0.29) is 33.7 Å². The Labute approximate surface area is 151 Å². The number of terminal acetylenes is 1. The van der Waals surface area contributed by atoms with Gasteiger partial charge in [0.2, 0.25) is 0 Å². The van der Waals surface area contributed by atoms with Crippen molar-refractivity contribution in [3.8, 4) is 12.3 Å². The van der Waals surface area contributed by atoms with Crippen LogP contribution in [0.2, 0.25) is 0 Å². The van der Waals surface area contributed by atoms with Gasteiger partial charge in [0.05, 0.1) is 10.5 Å². The van der Waals surface area contributed by atoms with Crippen molar-refractivity contribution in [1.82, 2.24) is 0 Å². The first-order chi connectivity index (χ1) is 12.1. The van der Waals surface area contributed by atoms with Crippen LogP contribution in [0, 0.1) is 35.5 Å². The average molecular weight is 355 g/mol. The largest absolute Gasteiger partial charge is 0.228 e. The van der Waals surface area contributed by atoms with Crippen molar-refractivity contribution in [2.75, 3.05) is 0 Å². The molecule has 0 radical (unpaired) electrons. The molecule has 2 fully saturated rings. The Morgan fingerprint density at radius 2 is 2.00 bits per heavy atom. The molecule has 5 aliphatic rings. The number of allylic oxidation sites excluding steroid dienone is 6. The monoisotopic (exact) mass is 354 g/mol. The summed E-state index contributed by atoms with van der Waals surface area (Å²) in [6.07, 6.45) is 23.0. The van der Waals surface area contributed by atoms with Gasteiger partial charge in [0.1, 0.15) is 0 Å². The standard InChI is InChI=1S/C22H26O2S/c1-2-3-4-5-8-15-13-16-10-11-17-14-18-9-6-7-12-22(18)19(15)20(16)25(23,24)21(17)22/h1,10-11,13-14,16-17,19-21H,3-9,12H2/t16-,17+,19-,20+,21-,22-/m1/s1. The predicted octanol–water partition coefficient (Wildman–Crippen LogP) is 4.20. The molecule has 3 aliphatic carbocycles. The van der Waals surface area contributed by atoms with Gasteiger partial charge >= 0.3 is 0 Å². The van der Waals surface area contributed by atoms with Crippen LogP contribution in [0.25, 0.3) is 0 Å². The minimum Gasteiger partial charge on any atom is -0.228 e. The van der Waals surface area contributed by atoms with Crippen LogP contribution < -0.4 is 0 Å². The third-order valence-corrected chi connectivity index (χ3v) is 10.3. The molecule has 0 N–H and O–H groups in total. The Morgan fingerprint density at radius 1 is 1.16 bits per heavy atom. The van der Waals surface area contributed by atoms with E-state index in [1.165, 1.54) is 24.0 Å². The molecule has 0 aromatic rings. The van der Waals surface area contributed by atoms with Crippen LogP contribution in [0.5, 0.6) is 0 Å². The molecule has 0 aromatic heterocycles. The highest BCUT2D eigenvalue weighted by molar-refractivity contribution is 7.93. The molecule has 1 saturated carbocycles. The number of hydrogen-bond acceptors (Lipinski definition) is 2. The van der Waals surface area contributed by atoms with Crippen molar-refractivity contribution in [3.63, 3.8) is 0 Å². The zero-order chi connectivity index (χ0) is 17.2. The summed E-state index contributed by atoms with van der Waals surface area (Å²) in [6.45, 7) is 0. The van der Waals surface area contributed by atoms with Crippen LogP contribution in [0.3, 0.4) is 0 Å². The normalized spacial score (nSPS) is 44.7. The molecule has 1 spiro atoms. The van der Waals surface area contributed by atoms with E-state index < -0.39 is 9.84 Å². The van der Waals surface area contributed by atoms with Gasteiger partial charge in [-0.25, -0.2) is 8.42 Å². The third-order valence-electron chi connectivity index (χ3n) is 7.53. The lowest BCUT2D eigenvalue weighted by Crippen LogP contribution is -2.40. The summed E-state index contributed by atoms with van der Waals surface area (Å²) in [5, 5.41) is -0.371. The molecule has 5 rings (SSSR count). The van der Waals surface area contributed by atoms with Gasteiger partial charge < -0.3 is 0 Å². The number of unbranched alkanes of at least 4 members (excludes halogenated alkanes) is 2. The summed E-state index contributed by atoms with van der Waals surface area (Å²) in [5.74, 6) is 3.17. The van der Waals surface area contributed by atoms with Gasteiger partial charge in [0.25, 0.3) is 0 Å². The van der Waals surface area contributed by atoms with E-state index >= 15 is 0 Å². The molecule has 2 nitrogen and oxygen atoms in total. The zero-order valence-electron chi connectivity index (χ0n) is 14.7. The summed E-state index contributed by atoms with van der Waals surface area (Å²) < 4.78 is 27.1. The number of rotatable bonds is 4. The second-order valence-corrected chi connectivity index (χ2v) is 10.8. The molecule has 2 heterocycles. The molecule has 2 aliphatic heterocycles. The fourth-order valence-corrected chi connectivity index (χ4v) is 10.2. The zero-order valence-corrected chi connectivity index (χ0v) is 15.5. The molecule has 1 saturated heterocycles. The van der Waals surface area contributed by atoms with E-state index in [0.29, 0.717) is 0 Å². The molecule has 132 valence electrons. The maximum Gasteiger partial charge on any atom is 0.159 e. The second kappa shape index (κ2) is 5.36. The van der Waals surface area contributed by atoms with Crippen molar-refractivity contribution < 1.29 is 8.42 Å². The fourth-order valence-electron chi connectivity index (χ4n) is 6.85. The first-order valence-electron chi connectivity index (χ1n) is 9.87. The maximum absolute atomic E-state index is 13.6. The van der Waals surface area contributed by atoms with Crippen molar-refractivity contribution in [2.24, 2.45) is 23.2 Å². The smallest absolute Gasteiger partial charge is 0.159 e. The van der Waals surface area contributed by atoms with Crippen molar-refractivity contribution >= 4 is 9.84 Å². The summed E-state index contributed by atoms with van der Waals surface area (Å²) in [6, 6.07) is 0. The lowest BCUT2D eigenvalue weighted by atomic mass is 9.60. The average Bonchev–Trinajstić information content (AvgIpc) is 3.17. The first kappa shape index (κ1) is 15.9. The molecule has 0 unspecified atom stereocenters. The Hall–Kier alpha value is -1.27. The van der Waals surface area contributed by atoms with Crippen LogP contribution >= 0.6 is 0 Å². The highest BCUT2D eigenvalue weighted by Gasteiger charge is 2.72. The number of hydrogen-bond donors (Lipinski definition) is 0. The third kappa shape index (κ3) is 1.90. The van der Waals surface area contributed by atoms with Crippen molar-refractivity contribution in [2.45, 2.75) is 61.9 Å². The quantitative estimate of drug-likeness (QED) is 0.431. The Morgan fingerprint density at radius 3 is 2.84 bits per heavy atom. The van der Waals surface area contributed by atoms with E-state index in [0.717, 1.165) is 38.5 Å². The van der Waals surface area contributed by atoms with Crippen LogP contribution in [0.1, 0.15) is 51.4 Å². The Kier molecular flexibility index (Phi) is 3.42. The highest BCUT2D eigenvalue weighted by Crippen LogP contribution is 2.69. The molecule has 6 atom stereocenters. The van der Waals surface area contributed by atoms with Crippen LogP contribution in [0.4, 0.5) is 0 Å². The van der Waals surface area contributed by atoms with Gasteiger partial charge in [-0.3, -0.25) is 0 Å². The van der Waals surface area contributed by atoms with Crippen LogP contribution in [-0.4, -0.2) is 18.9 Å². The Bertz CT molecular complexity index is 838. The van der Waals surface area contributed by atoms with Gasteiger partial charge in [-0.1, -0.05) is 41.9 Å². The summed E-state index contributed by atoms with van der Waals surface area (Å²) in [4.78, 5) is 0. The van der Waals surface area contributed by atoms with E-state index in [1.54, 1.807) is 0 Å². The number of sulfone groups is 1. The lowest BCUT2D eigenvalue weighted by Gasteiger charge is -2.42. The van der Waals surface area contributed by atoms with Gasteiger partial charge in [-0.2, -0.15) is 0 Å². The van der Waals surface area contributed by atoms with Gasteiger partial charge in [-0.15, -0.1) is 12.3 Å². The van der Waals surface area contributed by atoms with Crippen molar-refractivity contribution in [3.05, 3.63) is 35.5 Å². The fraction of sp³-hybridized carbons (Fsp3) is 0.636. The predicted molar refractivity (Wildman–Crippen MR) is 100 cm³/mol. The molecule has 2 bridgehead atoms. The lowest BCUT2D eigenvalue weighted by molar-refractivity contribution is 0.200. The summed E-state index contributed by atoms with van der Waals surface area (Å²) >= 11 is 0. The summed E-state index contributed by atoms with van der Waals surface area (Å²) in [7, 11) is -3.08. The SMILES string of the molecule is C#CCCCCC1=C[C@H]2C=C[C@H]3C=C4CCCC[C@]45[C@H]1[C@H]2S(=O)(=O)[C@H]35. The maximum atomic E-state index is 13.6. The molecule has 25 heavy (non-hydrogen) atoms. The topological polar surface area (TPSA) is 34.1 Å². The van der Waals surface area contributed by atoms with Crippen LogP contribution in [0.15, 0.2) is 35.5 Å². The molecular weight excluding hydrogens is 328 g/mol. The van der Waals surface area contributed by atoms with Gasteiger partial charge in [0, 0.05) is 29.6 Å². The highest BCUT2D eigenvalue weighted by atomic mass is 32.2. The molecule has 0 amide bonds. The summed E-state index contributed by atoms with van der Waals surface area (Å²) in [5.41, 5.74) is 2.83. The van der Waals surface area contributed by atoms with E-state index in [9.17, 15) is 8.42 Å². The minimum atomic E-state index is -3.08. The minimum absolute atomic E-state index is 0.0795. The molecule has 0 aromatic carbocycles. The van der Waals surface area contributed by atoms with E-state index in [2.05, 4.69) is 30.2 Å². The Balaban J connectivity index is 1.60. The van der Waals surface area contributed by atoms with E-state index in [4.69, 9.17) is 6.42 Å². The van der Waals surface area contributed by atoms with Crippen LogP contribution in [-0.2, 0) is 9.84 Å². The first-order valence-corrected chi connectivity index (χ1v) is 11.5. The van der Waals surface area contributed by atoms with Gasteiger partial charge in [0.15, 0.2) is 9.84 Å².